The number of aliphatic hydroxyl groups is 1. The van der Waals surface area contributed by atoms with E-state index in [1.165, 1.54) is 18.2 Å². The molecule has 1 fully saturated rings. The Labute approximate surface area is 99.2 Å². The highest BCUT2D eigenvalue weighted by molar-refractivity contribution is 6.31. The maximum absolute atomic E-state index is 13.2. The zero-order valence-electron chi connectivity index (χ0n) is 8.92. The smallest absolute Gasteiger partial charge is 0.123 e. The van der Waals surface area contributed by atoms with E-state index in [0.717, 1.165) is 12.8 Å². The molecular formula is C12H15ClFNO. The minimum absolute atomic E-state index is 0.132. The third-order valence-corrected chi connectivity index (χ3v) is 3.62. The van der Waals surface area contributed by atoms with Crippen LogP contribution in [0.5, 0.6) is 0 Å². The fraction of sp³-hybridized carbons (Fsp3) is 0.500. The molecule has 3 N–H and O–H groups in total. The molecule has 4 heteroatoms. The molecule has 1 aliphatic rings. The van der Waals surface area contributed by atoms with Crippen molar-refractivity contribution in [2.75, 3.05) is 0 Å². The van der Waals surface area contributed by atoms with Gasteiger partial charge in [-0.2, -0.15) is 0 Å². The van der Waals surface area contributed by atoms with Gasteiger partial charge in [0, 0.05) is 16.6 Å². The molecule has 2 nitrogen and oxygen atoms in total. The van der Waals surface area contributed by atoms with E-state index in [-0.39, 0.29) is 11.9 Å². The van der Waals surface area contributed by atoms with Crippen molar-refractivity contribution in [3.8, 4) is 0 Å². The van der Waals surface area contributed by atoms with E-state index < -0.39 is 5.60 Å². The average molecular weight is 244 g/mol. The molecule has 0 saturated heterocycles. The summed E-state index contributed by atoms with van der Waals surface area (Å²) in [6, 6.07) is 4.23. The molecule has 1 aliphatic carbocycles. The van der Waals surface area contributed by atoms with Crippen molar-refractivity contribution in [3.05, 3.63) is 34.6 Å². The minimum atomic E-state index is -1.02. The Bertz CT molecular complexity index is 389. The van der Waals surface area contributed by atoms with Gasteiger partial charge in [0.25, 0.3) is 0 Å². The van der Waals surface area contributed by atoms with Crippen LogP contribution in [0.1, 0.15) is 31.2 Å². The van der Waals surface area contributed by atoms with Crippen LogP contribution < -0.4 is 5.73 Å². The molecule has 0 aromatic heterocycles. The standard InChI is InChI=1S/C12H15ClFNO/c13-11-2-1-8(14)7-10(11)12(16)5-3-9(15)4-6-12/h1-2,7,9,16H,3-6,15H2. The number of rotatable bonds is 1. The minimum Gasteiger partial charge on any atom is -0.385 e. The third-order valence-electron chi connectivity index (χ3n) is 3.29. The summed E-state index contributed by atoms with van der Waals surface area (Å²) in [4.78, 5) is 0. The van der Waals surface area contributed by atoms with E-state index in [1.807, 2.05) is 0 Å². The lowest BCUT2D eigenvalue weighted by molar-refractivity contribution is -0.00511. The molecule has 0 heterocycles. The van der Waals surface area contributed by atoms with Crippen LogP contribution in [0.15, 0.2) is 18.2 Å². The first-order chi connectivity index (χ1) is 7.51. The number of hydrogen-bond acceptors (Lipinski definition) is 2. The molecule has 0 atom stereocenters. The molecular weight excluding hydrogens is 229 g/mol. The Kier molecular flexibility index (Phi) is 3.19. The molecule has 0 radical (unpaired) electrons. The van der Waals surface area contributed by atoms with Crippen molar-refractivity contribution < 1.29 is 9.50 Å². The van der Waals surface area contributed by atoms with Crippen LogP contribution in [0.25, 0.3) is 0 Å². The maximum atomic E-state index is 13.2. The Morgan fingerprint density at radius 2 is 2.00 bits per heavy atom. The Balaban J connectivity index is 2.32. The van der Waals surface area contributed by atoms with Crippen LogP contribution in [0.3, 0.4) is 0 Å². The van der Waals surface area contributed by atoms with Gasteiger partial charge in [-0.05, 0) is 43.9 Å². The van der Waals surface area contributed by atoms with Crippen molar-refractivity contribution in [2.24, 2.45) is 5.73 Å². The zero-order chi connectivity index (χ0) is 11.8. The molecule has 0 spiro atoms. The largest absolute Gasteiger partial charge is 0.385 e. The average Bonchev–Trinajstić information content (AvgIpc) is 2.26. The van der Waals surface area contributed by atoms with Crippen LogP contribution in [0.2, 0.25) is 5.02 Å². The van der Waals surface area contributed by atoms with Crippen molar-refractivity contribution in [3.63, 3.8) is 0 Å². The van der Waals surface area contributed by atoms with Crippen LogP contribution in [-0.4, -0.2) is 11.1 Å². The molecule has 1 aromatic carbocycles. The van der Waals surface area contributed by atoms with Gasteiger partial charge in [0.1, 0.15) is 5.82 Å². The maximum Gasteiger partial charge on any atom is 0.123 e. The highest BCUT2D eigenvalue weighted by atomic mass is 35.5. The molecule has 16 heavy (non-hydrogen) atoms. The van der Waals surface area contributed by atoms with Gasteiger partial charge >= 0.3 is 0 Å². The van der Waals surface area contributed by atoms with Gasteiger partial charge in [-0.15, -0.1) is 0 Å². The first-order valence-electron chi connectivity index (χ1n) is 5.45. The predicted octanol–water partition coefficient (Wildman–Crippen LogP) is 2.57. The van der Waals surface area contributed by atoms with Crippen LogP contribution in [0.4, 0.5) is 4.39 Å². The summed E-state index contributed by atoms with van der Waals surface area (Å²) in [7, 11) is 0. The topological polar surface area (TPSA) is 46.2 Å². The molecule has 1 aromatic rings. The number of nitrogens with two attached hydrogens (primary N) is 1. The third kappa shape index (κ3) is 2.21. The number of halogens is 2. The number of benzene rings is 1. The van der Waals surface area contributed by atoms with Gasteiger partial charge in [-0.1, -0.05) is 11.6 Å². The summed E-state index contributed by atoms with van der Waals surface area (Å²) in [5, 5.41) is 10.9. The van der Waals surface area contributed by atoms with Gasteiger partial charge in [0.05, 0.1) is 5.60 Å². The molecule has 88 valence electrons. The Morgan fingerprint density at radius 1 is 1.38 bits per heavy atom. The second kappa shape index (κ2) is 4.32. The van der Waals surface area contributed by atoms with E-state index in [9.17, 15) is 9.50 Å². The Morgan fingerprint density at radius 3 is 2.62 bits per heavy atom. The van der Waals surface area contributed by atoms with Crippen LogP contribution >= 0.6 is 11.6 Å². The van der Waals surface area contributed by atoms with Gasteiger partial charge in [0.2, 0.25) is 0 Å². The summed E-state index contributed by atoms with van der Waals surface area (Å²) in [5.41, 5.74) is 5.25. The fourth-order valence-corrected chi connectivity index (χ4v) is 2.53. The van der Waals surface area contributed by atoms with Crippen molar-refractivity contribution in [1.82, 2.24) is 0 Å². The summed E-state index contributed by atoms with van der Waals surface area (Å²) in [6.45, 7) is 0. The molecule has 0 bridgehead atoms. The zero-order valence-corrected chi connectivity index (χ0v) is 9.67. The lowest BCUT2D eigenvalue weighted by Gasteiger charge is -2.35. The summed E-state index contributed by atoms with van der Waals surface area (Å²) in [6.07, 6.45) is 2.56. The molecule has 0 aliphatic heterocycles. The fourth-order valence-electron chi connectivity index (χ4n) is 2.24. The van der Waals surface area contributed by atoms with Gasteiger partial charge in [-0.3, -0.25) is 0 Å². The highest BCUT2D eigenvalue weighted by Crippen LogP contribution is 2.39. The highest BCUT2D eigenvalue weighted by Gasteiger charge is 2.35. The summed E-state index contributed by atoms with van der Waals surface area (Å²) in [5.74, 6) is -0.373. The lowest BCUT2D eigenvalue weighted by atomic mass is 9.78. The lowest BCUT2D eigenvalue weighted by Crippen LogP contribution is -2.37. The number of hydrogen-bond donors (Lipinski definition) is 2. The normalized spacial score (nSPS) is 30.4. The van der Waals surface area contributed by atoms with E-state index in [1.54, 1.807) is 0 Å². The first-order valence-corrected chi connectivity index (χ1v) is 5.82. The molecule has 1 saturated carbocycles. The van der Waals surface area contributed by atoms with E-state index in [0.29, 0.717) is 23.4 Å². The van der Waals surface area contributed by atoms with Crippen LogP contribution in [0, 0.1) is 5.82 Å². The second-order valence-electron chi connectivity index (χ2n) is 4.49. The second-order valence-corrected chi connectivity index (χ2v) is 4.90. The van der Waals surface area contributed by atoms with Crippen LogP contribution in [-0.2, 0) is 5.60 Å². The molecule has 0 amide bonds. The van der Waals surface area contributed by atoms with Gasteiger partial charge in [-0.25, -0.2) is 4.39 Å². The van der Waals surface area contributed by atoms with Crippen molar-refractivity contribution in [2.45, 2.75) is 37.3 Å². The van der Waals surface area contributed by atoms with Crippen molar-refractivity contribution in [1.29, 1.82) is 0 Å². The van der Waals surface area contributed by atoms with Gasteiger partial charge in [0.15, 0.2) is 0 Å². The summed E-state index contributed by atoms with van der Waals surface area (Å²) >= 11 is 6.00. The monoisotopic (exact) mass is 243 g/mol. The Hall–Kier alpha value is -0.640. The predicted molar refractivity (Wildman–Crippen MR) is 61.8 cm³/mol. The van der Waals surface area contributed by atoms with E-state index >= 15 is 0 Å². The van der Waals surface area contributed by atoms with E-state index in [4.69, 9.17) is 17.3 Å². The molecule has 0 unspecified atom stereocenters. The first kappa shape index (κ1) is 11.8. The van der Waals surface area contributed by atoms with Crippen molar-refractivity contribution >= 4 is 11.6 Å². The SMILES string of the molecule is NC1CCC(O)(c2cc(F)ccc2Cl)CC1. The van der Waals surface area contributed by atoms with E-state index in [2.05, 4.69) is 0 Å². The quantitative estimate of drug-likeness (QED) is 0.796. The van der Waals surface area contributed by atoms with Gasteiger partial charge < -0.3 is 10.8 Å². The summed E-state index contributed by atoms with van der Waals surface area (Å²) < 4.78 is 13.2. The molecule has 2 rings (SSSR count).